The van der Waals surface area contributed by atoms with Crippen molar-refractivity contribution >= 4 is 0 Å². The van der Waals surface area contributed by atoms with Crippen molar-refractivity contribution in [2.45, 2.75) is 39.5 Å². The molecule has 1 saturated heterocycles. The van der Waals surface area contributed by atoms with Crippen LogP contribution in [0.2, 0.25) is 0 Å². The lowest BCUT2D eigenvalue weighted by Gasteiger charge is -2.35. The smallest absolute Gasteiger partial charge is 0.246 e. The largest absolute Gasteiger partial charge is 0.423 e. The number of morpholine rings is 1. The van der Waals surface area contributed by atoms with E-state index in [1.807, 2.05) is 23.0 Å². The lowest BCUT2D eigenvalue weighted by molar-refractivity contribution is -0.0921. The highest BCUT2D eigenvalue weighted by molar-refractivity contribution is 5.40. The number of ether oxygens (including phenoxy) is 1. The minimum Gasteiger partial charge on any atom is -0.423 e. The number of aromatic nitrogens is 4. The van der Waals surface area contributed by atoms with Crippen LogP contribution in [-0.4, -0.2) is 44.1 Å². The van der Waals surface area contributed by atoms with Crippen LogP contribution in [0, 0.1) is 13.8 Å². The van der Waals surface area contributed by atoms with Gasteiger partial charge in [-0.25, -0.2) is 4.68 Å². The molecule has 26 heavy (non-hydrogen) atoms. The van der Waals surface area contributed by atoms with Crippen LogP contribution in [0.5, 0.6) is 0 Å². The summed E-state index contributed by atoms with van der Waals surface area (Å²) in [5.74, 6) is 1.11. The fourth-order valence-electron chi connectivity index (χ4n) is 3.44. The van der Waals surface area contributed by atoms with Crippen LogP contribution < -0.4 is 0 Å². The fraction of sp³-hybridized carbons (Fsp3) is 0.421. The number of benzene rings is 1. The zero-order chi connectivity index (χ0) is 18.1. The molecule has 1 aliphatic rings. The average molecular weight is 353 g/mol. The predicted molar refractivity (Wildman–Crippen MR) is 95.9 cm³/mol. The first kappa shape index (κ1) is 16.9. The van der Waals surface area contributed by atoms with Crippen molar-refractivity contribution in [3.8, 4) is 5.69 Å². The standard InChI is InChI=1S/C19H23N5O2/c1-13-6-4-5-7-17(13)24-16(8-9-20-24)11-23-10-14(2)25-18(12-23)19-22-21-15(3)26-19/h4-9,14,18H,10-12H2,1-3H3/t14-,18-/m1/s1. The number of hydrogen-bond donors (Lipinski definition) is 0. The molecule has 3 aromatic rings. The average Bonchev–Trinajstić information content (AvgIpc) is 3.24. The fourth-order valence-corrected chi connectivity index (χ4v) is 3.44. The van der Waals surface area contributed by atoms with E-state index in [2.05, 4.69) is 52.2 Å². The van der Waals surface area contributed by atoms with Crippen LogP contribution in [0.3, 0.4) is 0 Å². The third-order valence-corrected chi connectivity index (χ3v) is 4.60. The van der Waals surface area contributed by atoms with Crippen molar-refractivity contribution in [2.24, 2.45) is 0 Å². The second-order valence-electron chi connectivity index (χ2n) is 6.81. The Bertz CT molecular complexity index is 887. The molecule has 2 atom stereocenters. The van der Waals surface area contributed by atoms with Gasteiger partial charge in [-0.15, -0.1) is 10.2 Å². The molecule has 136 valence electrons. The maximum absolute atomic E-state index is 6.01. The van der Waals surface area contributed by atoms with Gasteiger partial charge in [0.1, 0.15) is 6.10 Å². The van der Waals surface area contributed by atoms with Crippen molar-refractivity contribution in [3.05, 3.63) is 59.6 Å². The van der Waals surface area contributed by atoms with E-state index in [1.54, 1.807) is 6.92 Å². The van der Waals surface area contributed by atoms with Crippen LogP contribution in [0.4, 0.5) is 0 Å². The van der Waals surface area contributed by atoms with E-state index in [1.165, 1.54) is 5.56 Å². The summed E-state index contributed by atoms with van der Waals surface area (Å²) in [7, 11) is 0. The summed E-state index contributed by atoms with van der Waals surface area (Å²) < 4.78 is 13.6. The van der Waals surface area contributed by atoms with Crippen LogP contribution >= 0.6 is 0 Å². The molecule has 1 aromatic carbocycles. The summed E-state index contributed by atoms with van der Waals surface area (Å²) in [5.41, 5.74) is 3.46. The van der Waals surface area contributed by atoms with E-state index in [9.17, 15) is 0 Å². The van der Waals surface area contributed by atoms with Gasteiger partial charge >= 0.3 is 0 Å². The Balaban J connectivity index is 1.54. The molecular formula is C19H23N5O2. The number of para-hydroxylation sites is 1. The van der Waals surface area contributed by atoms with E-state index in [0.717, 1.165) is 24.5 Å². The normalized spacial score (nSPS) is 21.2. The van der Waals surface area contributed by atoms with E-state index in [0.29, 0.717) is 18.3 Å². The van der Waals surface area contributed by atoms with Crippen molar-refractivity contribution in [2.75, 3.05) is 13.1 Å². The topological polar surface area (TPSA) is 69.2 Å². The van der Waals surface area contributed by atoms with Gasteiger partial charge in [-0.3, -0.25) is 4.90 Å². The molecule has 0 aliphatic carbocycles. The Morgan fingerprint density at radius 2 is 1.96 bits per heavy atom. The van der Waals surface area contributed by atoms with Crippen LogP contribution in [0.15, 0.2) is 40.9 Å². The number of nitrogens with zero attached hydrogens (tertiary/aromatic N) is 5. The molecule has 0 spiro atoms. The number of aryl methyl sites for hydroxylation is 2. The molecule has 0 bridgehead atoms. The predicted octanol–water partition coefficient (Wildman–Crippen LogP) is 2.83. The molecule has 7 heteroatoms. The quantitative estimate of drug-likeness (QED) is 0.718. The molecule has 3 heterocycles. The molecular weight excluding hydrogens is 330 g/mol. The molecule has 0 N–H and O–H groups in total. The van der Waals surface area contributed by atoms with E-state index >= 15 is 0 Å². The van der Waals surface area contributed by atoms with Crippen molar-refractivity contribution in [1.29, 1.82) is 0 Å². The second-order valence-corrected chi connectivity index (χ2v) is 6.81. The first-order chi connectivity index (χ1) is 12.6. The molecule has 0 radical (unpaired) electrons. The summed E-state index contributed by atoms with van der Waals surface area (Å²) >= 11 is 0. The summed E-state index contributed by atoms with van der Waals surface area (Å²) in [4.78, 5) is 2.35. The molecule has 1 aliphatic heterocycles. The Morgan fingerprint density at radius 1 is 1.12 bits per heavy atom. The molecule has 0 saturated carbocycles. The first-order valence-electron chi connectivity index (χ1n) is 8.87. The van der Waals surface area contributed by atoms with Gasteiger partial charge in [-0.2, -0.15) is 5.10 Å². The molecule has 4 rings (SSSR count). The van der Waals surface area contributed by atoms with Crippen molar-refractivity contribution in [3.63, 3.8) is 0 Å². The molecule has 1 fully saturated rings. The van der Waals surface area contributed by atoms with Crippen LogP contribution in [0.25, 0.3) is 5.69 Å². The summed E-state index contributed by atoms with van der Waals surface area (Å²) in [6, 6.07) is 10.4. The van der Waals surface area contributed by atoms with Gasteiger partial charge < -0.3 is 9.15 Å². The SMILES string of the molecule is Cc1nnc([C@H]2CN(Cc3ccnn3-c3ccccc3C)C[C@@H](C)O2)o1. The van der Waals surface area contributed by atoms with E-state index < -0.39 is 0 Å². The molecule has 2 aromatic heterocycles. The lowest BCUT2D eigenvalue weighted by atomic mass is 10.2. The van der Waals surface area contributed by atoms with Crippen molar-refractivity contribution < 1.29 is 9.15 Å². The first-order valence-corrected chi connectivity index (χ1v) is 8.87. The number of hydrogen-bond acceptors (Lipinski definition) is 6. The van der Waals surface area contributed by atoms with Gasteiger partial charge in [-0.05, 0) is 31.5 Å². The highest BCUT2D eigenvalue weighted by atomic mass is 16.5. The van der Waals surface area contributed by atoms with Crippen LogP contribution in [0.1, 0.15) is 36.1 Å². The highest BCUT2D eigenvalue weighted by Gasteiger charge is 2.30. The zero-order valence-corrected chi connectivity index (χ0v) is 15.3. The lowest BCUT2D eigenvalue weighted by Crippen LogP contribution is -2.42. The minimum atomic E-state index is -0.199. The molecule has 0 amide bonds. The summed E-state index contributed by atoms with van der Waals surface area (Å²) in [6.45, 7) is 8.31. The monoisotopic (exact) mass is 353 g/mol. The Labute approximate surface area is 152 Å². The third-order valence-electron chi connectivity index (χ3n) is 4.60. The van der Waals surface area contributed by atoms with Gasteiger partial charge in [0.05, 0.1) is 17.5 Å². The van der Waals surface area contributed by atoms with Crippen molar-refractivity contribution in [1.82, 2.24) is 24.9 Å². The van der Waals surface area contributed by atoms with Crippen LogP contribution in [-0.2, 0) is 11.3 Å². The highest BCUT2D eigenvalue weighted by Crippen LogP contribution is 2.26. The van der Waals surface area contributed by atoms with E-state index in [-0.39, 0.29) is 12.2 Å². The Kier molecular flexibility index (Phi) is 4.57. The van der Waals surface area contributed by atoms with E-state index in [4.69, 9.17) is 9.15 Å². The maximum Gasteiger partial charge on any atom is 0.246 e. The minimum absolute atomic E-state index is 0.0933. The molecule has 7 nitrogen and oxygen atoms in total. The third kappa shape index (κ3) is 3.40. The summed E-state index contributed by atoms with van der Waals surface area (Å²) in [6.07, 6.45) is 1.75. The maximum atomic E-state index is 6.01. The van der Waals surface area contributed by atoms with Gasteiger partial charge in [0.15, 0.2) is 0 Å². The Morgan fingerprint density at radius 3 is 2.73 bits per heavy atom. The van der Waals surface area contributed by atoms with Gasteiger partial charge in [0.2, 0.25) is 11.8 Å². The zero-order valence-electron chi connectivity index (χ0n) is 15.3. The van der Waals surface area contributed by atoms with Gasteiger partial charge in [0.25, 0.3) is 0 Å². The Hall–Kier alpha value is -2.51. The van der Waals surface area contributed by atoms with Gasteiger partial charge in [-0.1, -0.05) is 18.2 Å². The van der Waals surface area contributed by atoms with Gasteiger partial charge in [0, 0.05) is 32.8 Å². The number of rotatable bonds is 4. The summed E-state index contributed by atoms with van der Waals surface area (Å²) in [5, 5.41) is 12.6. The second kappa shape index (κ2) is 7.01. The molecule has 0 unspecified atom stereocenters.